The molecule has 16 heavy (non-hydrogen) atoms. The summed E-state index contributed by atoms with van der Waals surface area (Å²) in [7, 11) is 0. The van der Waals surface area contributed by atoms with E-state index in [1.807, 2.05) is 12.1 Å². The second-order valence-electron chi connectivity index (χ2n) is 3.03. The van der Waals surface area contributed by atoms with E-state index >= 15 is 0 Å². The van der Waals surface area contributed by atoms with Gasteiger partial charge in [-0.3, -0.25) is 0 Å². The molecule has 80 valence electrons. The number of nitrogens with zero attached hydrogens (tertiary/aromatic N) is 1. The number of para-hydroxylation sites is 2. The molecule has 0 unspecified atom stereocenters. The van der Waals surface area contributed by atoms with Gasteiger partial charge in [0.15, 0.2) is 0 Å². The van der Waals surface area contributed by atoms with Crippen LogP contribution in [0.5, 0.6) is 11.5 Å². The minimum absolute atomic E-state index is 0.0741. The first kappa shape index (κ1) is 10.2. The third-order valence-corrected chi connectivity index (χ3v) is 1.85. The van der Waals surface area contributed by atoms with Gasteiger partial charge in [-0.1, -0.05) is 36.4 Å². The SMILES string of the molecule is O=[N+](Oc1ccccc1)Oc1ccccc1. The average Bonchev–Trinajstić information content (AvgIpc) is 2.31. The summed E-state index contributed by atoms with van der Waals surface area (Å²) in [5.41, 5.74) is 0. The highest BCUT2D eigenvalue weighted by Gasteiger charge is 2.15. The van der Waals surface area contributed by atoms with Crippen molar-refractivity contribution in [3.8, 4) is 11.5 Å². The zero-order valence-electron chi connectivity index (χ0n) is 8.45. The Hall–Kier alpha value is -2.36. The second kappa shape index (κ2) is 4.93. The van der Waals surface area contributed by atoms with Crippen molar-refractivity contribution < 1.29 is 14.8 Å². The summed E-state index contributed by atoms with van der Waals surface area (Å²) in [5.74, 6) is 0.849. The molecule has 4 nitrogen and oxygen atoms in total. The number of benzene rings is 2. The van der Waals surface area contributed by atoms with E-state index in [0.717, 1.165) is 0 Å². The van der Waals surface area contributed by atoms with E-state index in [9.17, 15) is 4.91 Å². The smallest absolute Gasteiger partial charge is 0.145 e. The van der Waals surface area contributed by atoms with Crippen LogP contribution >= 0.6 is 0 Å². The molecule has 0 aliphatic carbocycles. The van der Waals surface area contributed by atoms with Crippen LogP contribution < -0.4 is 9.68 Å². The van der Waals surface area contributed by atoms with Gasteiger partial charge in [-0.05, 0) is 24.3 Å². The Bertz CT molecular complexity index is 413. The van der Waals surface area contributed by atoms with E-state index in [1.165, 1.54) is 0 Å². The van der Waals surface area contributed by atoms with Gasteiger partial charge in [-0.2, -0.15) is 0 Å². The van der Waals surface area contributed by atoms with E-state index in [4.69, 9.17) is 9.68 Å². The zero-order valence-corrected chi connectivity index (χ0v) is 8.45. The molecule has 0 atom stereocenters. The van der Waals surface area contributed by atoms with Gasteiger partial charge in [0.05, 0.1) is 0 Å². The lowest BCUT2D eigenvalue weighted by atomic mass is 10.3. The van der Waals surface area contributed by atoms with Crippen LogP contribution in [0.3, 0.4) is 0 Å². The molecular weight excluding hydrogens is 206 g/mol. The summed E-state index contributed by atoms with van der Waals surface area (Å²) in [5, 5.41) is 0.0741. The fourth-order valence-corrected chi connectivity index (χ4v) is 1.15. The lowest BCUT2D eigenvalue weighted by Gasteiger charge is -1.93. The average molecular weight is 216 g/mol. The highest BCUT2D eigenvalue weighted by Crippen LogP contribution is 2.11. The molecule has 4 heteroatoms. The van der Waals surface area contributed by atoms with Gasteiger partial charge in [0, 0.05) is 0 Å². The van der Waals surface area contributed by atoms with Gasteiger partial charge < -0.3 is 0 Å². The molecule has 0 amide bonds. The first-order valence-electron chi connectivity index (χ1n) is 4.78. The van der Waals surface area contributed by atoms with Crippen molar-refractivity contribution in [2.75, 3.05) is 0 Å². The summed E-state index contributed by atoms with van der Waals surface area (Å²) in [4.78, 5) is 21.0. The molecule has 2 aromatic rings. The van der Waals surface area contributed by atoms with Crippen LogP contribution in [-0.4, -0.2) is 5.09 Å². The van der Waals surface area contributed by atoms with Crippen LogP contribution in [-0.2, 0) is 0 Å². The summed E-state index contributed by atoms with van der Waals surface area (Å²) in [6.45, 7) is 0. The first-order chi connectivity index (χ1) is 7.84. The minimum Gasteiger partial charge on any atom is -0.145 e. The van der Waals surface area contributed by atoms with Gasteiger partial charge in [0.1, 0.15) is 4.91 Å². The Balaban J connectivity index is 1.95. The molecule has 0 radical (unpaired) electrons. The van der Waals surface area contributed by atoms with Crippen molar-refractivity contribution in [2.45, 2.75) is 0 Å². The van der Waals surface area contributed by atoms with Crippen molar-refractivity contribution in [3.63, 3.8) is 0 Å². The molecule has 0 saturated heterocycles. The molecule has 0 aliphatic rings. The van der Waals surface area contributed by atoms with Crippen LogP contribution in [0.25, 0.3) is 0 Å². The number of hydrogen-bond donors (Lipinski definition) is 0. The highest BCUT2D eigenvalue weighted by atomic mass is 17.0. The summed E-state index contributed by atoms with van der Waals surface area (Å²) in [6, 6.07) is 17.4. The van der Waals surface area contributed by atoms with Gasteiger partial charge in [-0.15, -0.1) is 9.68 Å². The summed E-state index contributed by atoms with van der Waals surface area (Å²) in [6.07, 6.45) is 0. The number of rotatable bonds is 4. The van der Waals surface area contributed by atoms with Crippen LogP contribution in [0, 0.1) is 4.91 Å². The van der Waals surface area contributed by atoms with Gasteiger partial charge >= 0.3 is 5.09 Å². The second-order valence-corrected chi connectivity index (χ2v) is 3.03. The monoisotopic (exact) mass is 216 g/mol. The maximum atomic E-state index is 11.3. The van der Waals surface area contributed by atoms with Crippen molar-refractivity contribution in [1.82, 2.24) is 0 Å². The zero-order chi connectivity index (χ0) is 11.2. The predicted octanol–water partition coefficient (Wildman–Crippen LogP) is 2.75. The van der Waals surface area contributed by atoms with Crippen LogP contribution in [0.4, 0.5) is 0 Å². The molecule has 0 fully saturated rings. The van der Waals surface area contributed by atoms with E-state index in [-0.39, 0.29) is 5.09 Å². The molecule has 0 saturated carbocycles. The van der Waals surface area contributed by atoms with E-state index in [1.54, 1.807) is 48.5 Å². The number of hydrogen-bond acceptors (Lipinski definition) is 3. The van der Waals surface area contributed by atoms with Gasteiger partial charge in [-0.25, -0.2) is 0 Å². The maximum absolute atomic E-state index is 11.3. The Morgan fingerprint density at radius 3 is 1.44 bits per heavy atom. The lowest BCUT2D eigenvalue weighted by molar-refractivity contribution is -0.920. The molecule has 2 aromatic carbocycles. The molecule has 0 bridgehead atoms. The van der Waals surface area contributed by atoms with Gasteiger partial charge in [0.2, 0.25) is 11.5 Å². The molecule has 0 heterocycles. The largest absolute Gasteiger partial charge is 0.489 e. The summed E-state index contributed by atoms with van der Waals surface area (Å²) < 4.78 is 0. The van der Waals surface area contributed by atoms with E-state index < -0.39 is 0 Å². The van der Waals surface area contributed by atoms with E-state index in [0.29, 0.717) is 11.5 Å². The molecule has 0 spiro atoms. The standard InChI is InChI=1S/C12H10NO3/c14-13(15-11-7-3-1-4-8-11)16-12-9-5-2-6-10-12/h1-10H/q+1. The van der Waals surface area contributed by atoms with Crippen molar-refractivity contribution in [2.24, 2.45) is 0 Å². The molecule has 2 rings (SSSR count). The van der Waals surface area contributed by atoms with Crippen molar-refractivity contribution in [3.05, 3.63) is 65.6 Å². The Labute approximate surface area is 92.5 Å². The Kier molecular flexibility index (Phi) is 3.13. The highest BCUT2D eigenvalue weighted by molar-refractivity contribution is 5.21. The molecule has 0 aromatic heterocycles. The van der Waals surface area contributed by atoms with Gasteiger partial charge in [0.25, 0.3) is 0 Å². The Morgan fingerprint density at radius 2 is 1.06 bits per heavy atom. The third kappa shape index (κ3) is 2.81. The lowest BCUT2D eigenvalue weighted by Crippen LogP contribution is -2.16. The molecule has 0 N–H and O–H groups in total. The predicted molar refractivity (Wildman–Crippen MR) is 57.8 cm³/mol. The van der Waals surface area contributed by atoms with Crippen molar-refractivity contribution >= 4 is 0 Å². The van der Waals surface area contributed by atoms with Crippen LogP contribution in [0.15, 0.2) is 60.7 Å². The van der Waals surface area contributed by atoms with E-state index in [2.05, 4.69) is 0 Å². The first-order valence-corrected chi connectivity index (χ1v) is 4.78. The fourth-order valence-electron chi connectivity index (χ4n) is 1.15. The normalized spacial score (nSPS) is 9.50. The maximum Gasteiger partial charge on any atom is 0.489 e. The quantitative estimate of drug-likeness (QED) is 0.737. The third-order valence-electron chi connectivity index (χ3n) is 1.85. The molecule has 0 aliphatic heterocycles. The van der Waals surface area contributed by atoms with Crippen LogP contribution in [0.2, 0.25) is 0 Å². The van der Waals surface area contributed by atoms with Crippen molar-refractivity contribution in [1.29, 1.82) is 0 Å². The topological polar surface area (TPSA) is 38.5 Å². The minimum atomic E-state index is 0.0741. The fraction of sp³-hybridized carbons (Fsp3) is 0. The molecular formula is C12H10NO3+. The summed E-state index contributed by atoms with van der Waals surface area (Å²) >= 11 is 0. The van der Waals surface area contributed by atoms with Crippen LogP contribution in [0.1, 0.15) is 0 Å². The Morgan fingerprint density at radius 1 is 0.688 bits per heavy atom.